The fourth-order valence-electron chi connectivity index (χ4n) is 3.11. The number of amides is 1. The second kappa shape index (κ2) is 7.77. The first kappa shape index (κ1) is 17.0. The summed E-state index contributed by atoms with van der Waals surface area (Å²) >= 11 is 0. The first-order valence-electron chi connectivity index (χ1n) is 8.34. The zero-order chi connectivity index (χ0) is 16.1. The minimum absolute atomic E-state index is 0.0667. The molecule has 0 bridgehead atoms. The van der Waals surface area contributed by atoms with E-state index in [1.165, 1.54) is 12.8 Å². The molecular weight excluding hydrogens is 278 g/mol. The Kier molecular flexibility index (Phi) is 6.00. The lowest BCUT2D eigenvalue weighted by Gasteiger charge is -2.29. The van der Waals surface area contributed by atoms with Gasteiger partial charge in [0.15, 0.2) is 0 Å². The molecular formula is C17H29N3O2. The minimum atomic E-state index is 0.0667. The highest BCUT2D eigenvalue weighted by Crippen LogP contribution is 2.25. The third-order valence-corrected chi connectivity index (χ3v) is 4.39. The van der Waals surface area contributed by atoms with Crippen molar-refractivity contribution in [1.82, 2.24) is 14.7 Å². The average Bonchev–Trinajstić information content (AvgIpc) is 2.87. The van der Waals surface area contributed by atoms with Gasteiger partial charge in [-0.1, -0.05) is 19.8 Å². The van der Waals surface area contributed by atoms with E-state index in [9.17, 15) is 4.79 Å². The Morgan fingerprint density at radius 2 is 2.27 bits per heavy atom. The van der Waals surface area contributed by atoms with E-state index in [1.807, 2.05) is 38.2 Å². The lowest BCUT2D eigenvalue weighted by molar-refractivity contribution is -0.141. The van der Waals surface area contributed by atoms with Crippen molar-refractivity contribution in [3.8, 4) is 0 Å². The number of ether oxygens (including phenoxy) is 1. The largest absolute Gasteiger partial charge is 0.368 e. The van der Waals surface area contributed by atoms with Crippen LogP contribution in [0.1, 0.15) is 52.0 Å². The van der Waals surface area contributed by atoms with E-state index in [0.29, 0.717) is 12.5 Å². The van der Waals surface area contributed by atoms with Crippen LogP contribution >= 0.6 is 0 Å². The highest BCUT2D eigenvalue weighted by molar-refractivity contribution is 5.77. The molecule has 1 heterocycles. The maximum absolute atomic E-state index is 12.5. The zero-order valence-electron chi connectivity index (χ0n) is 14.3. The molecule has 0 aromatic carbocycles. The smallest absolute Gasteiger partial charge is 0.249 e. The molecule has 1 aromatic heterocycles. The molecule has 124 valence electrons. The lowest BCUT2D eigenvalue weighted by Crippen LogP contribution is -2.39. The van der Waals surface area contributed by atoms with Crippen molar-refractivity contribution in [1.29, 1.82) is 0 Å². The van der Waals surface area contributed by atoms with Crippen molar-refractivity contribution < 1.29 is 9.53 Å². The van der Waals surface area contributed by atoms with Crippen LogP contribution in [0, 0.1) is 5.92 Å². The molecule has 0 spiro atoms. The second-order valence-electron chi connectivity index (χ2n) is 6.84. The number of carbonyl (C=O) groups excluding carboxylic acids is 1. The van der Waals surface area contributed by atoms with Gasteiger partial charge in [0.1, 0.15) is 6.61 Å². The van der Waals surface area contributed by atoms with E-state index in [0.717, 1.165) is 18.4 Å². The fraction of sp³-hybridized carbons (Fsp3) is 0.765. The number of rotatable bonds is 6. The first-order valence-corrected chi connectivity index (χ1v) is 8.34. The molecule has 1 aliphatic carbocycles. The topological polar surface area (TPSA) is 47.4 Å². The molecule has 5 nitrogen and oxygen atoms in total. The molecule has 1 aliphatic rings. The van der Waals surface area contributed by atoms with E-state index >= 15 is 0 Å². The summed E-state index contributed by atoms with van der Waals surface area (Å²) in [5, 5.41) is 4.16. The van der Waals surface area contributed by atoms with Crippen molar-refractivity contribution in [2.24, 2.45) is 13.0 Å². The molecule has 1 fully saturated rings. The van der Waals surface area contributed by atoms with Crippen molar-refractivity contribution in [3.63, 3.8) is 0 Å². The summed E-state index contributed by atoms with van der Waals surface area (Å²) in [5.41, 5.74) is 1.05. The minimum Gasteiger partial charge on any atom is -0.368 e. The first-order chi connectivity index (χ1) is 10.5. The van der Waals surface area contributed by atoms with Gasteiger partial charge < -0.3 is 9.64 Å². The van der Waals surface area contributed by atoms with E-state index in [1.54, 1.807) is 4.68 Å². The van der Waals surface area contributed by atoms with Crippen LogP contribution < -0.4 is 0 Å². The van der Waals surface area contributed by atoms with Crippen LogP contribution in [0.25, 0.3) is 0 Å². The number of carbonyl (C=O) groups is 1. The fourth-order valence-corrected chi connectivity index (χ4v) is 3.11. The molecule has 0 radical (unpaired) electrons. The Morgan fingerprint density at radius 1 is 1.50 bits per heavy atom. The van der Waals surface area contributed by atoms with Gasteiger partial charge in [-0.25, -0.2) is 0 Å². The predicted octanol–water partition coefficient (Wildman–Crippen LogP) is 2.75. The van der Waals surface area contributed by atoms with Crippen LogP contribution in [0.4, 0.5) is 0 Å². The third kappa shape index (κ3) is 4.83. The standard InChI is InChI=1S/C17H29N3O2/c1-13(2)20(11-15-9-18-19(4)10-15)17(21)12-22-16-7-5-6-14(3)8-16/h9-10,13-14,16H,5-8,11-12H2,1-4H3/t14-,16+/m0/s1. The molecule has 2 rings (SSSR count). The molecule has 0 N–H and O–H groups in total. The van der Waals surface area contributed by atoms with Gasteiger partial charge >= 0.3 is 0 Å². The summed E-state index contributed by atoms with van der Waals surface area (Å²) in [6, 6.07) is 0.154. The number of aryl methyl sites for hydroxylation is 1. The highest BCUT2D eigenvalue weighted by atomic mass is 16.5. The molecule has 1 aromatic rings. The van der Waals surface area contributed by atoms with Gasteiger partial charge in [-0.15, -0.1) is 0 Å². The van der Waals surface area contributed by atoms with Crippen molar-refractivity contribution in [2.45, 2.75) is 65.1 Å². The predicted molar refractivity (Wildman–Crippen MR) is 86.3 cm³/mol. The molecule has 22 heavy (non-hydrogen) atoms. The van der Waals surface area contributed by atoms with Crippen LogP contribution in [-0.2, 0) is 23.1 Å². The Morgan fingerprint density at radius 3 is 2.86 bits per heavy atom. The van der Waals surface area contributed by atoms with Crippen molar-refractivity contribution in [3.05, 3.63) is 18.0 Å². The highest BCUT2D eigenvalue weighted by Gasteiger charge is 2.23. The van der Waals surface area contributed by atoms with Gasteiger partial charge in [0.2, 0.25) is 5.91 Å². The summed E-state index contributed by atoms with van der Waals surface area (Å²) in [5.74, 6) is 0.780. The molecule has 0 unspecified atom stereocenters. The van der Waals surface area contributed by atoms with Gasteiger partial charge in [0.05, 0.1) is 12.3 Å². The van der Waals surface area contributed by atoms with E-state index in [4.69, 9.17) is 4.74 Å². The lowest BCUT2D eigenvalue weighted by atomic mass is 9.89. The van der Waals surface area contributed by atoms with Crippen LogP contribution in [0.5, 0.6) is 0 Å². The molecule has 5 heteroatoms. The van der Waals surface area contributed by atoms with Gasteiger partial charge in [-0.05, 0) is 32.6 Å². The number of hydrogen-bond acceptors (Lipinski definition) is 3. The Labute approximate surface area is 133 Å². The maximum Gasteiger partial charge on any atom is 0.249 e. The second-order valence-corrected chi connectivity index (χ2v) is 6.84. The van der Waals surface area contributed by atoms with Crippen molar-refractivity contribution >= 4 is 5.91 Å². The van der Waals surface area contributed by atoms with E-state index in [-0.39, 0.29) is 24.7 Å². The maximum atomic E-state index is 12.5. The van der Waals surface area contributed by atoms with E-state index < -0.39 is 0 Å². The van der Waals surface area contributed by atoms with Crippen molar-refractivity contribution in [2.75, 3.05) is 6.61 Å². The summed E-state index contributed by atoms with van der Waals surface area (Å²) in [6.07, 6.45) is 8.68. The van der Waals surface area contributed by atoms with E-state index in [2.05, 4.69) is 12.0 Å². The number of aromatic nitrogens is 2. The van der Waals surface area contributed by atoms with Gasteiger partial charge in [0, 0.05) is 31.4 Å². The zero-order valence-corrected chi connectivity index (χ0v) is 14.3. The Balaban J connectivity index is 1.86. The number of nitrogens with zero attached hydrogens (tertiary/aromatic N) is 3. The van der Waals surface area contributed by atoms with Gasteiger partial charge in [-0.3, -0.25) is 9.48 Å². The molecule has 1 amide bonds. The molecule has 0 saturated heterocycles. The van der Waals surface area contributed by atoms with Gasteiger partial charge in [0.25, 0.3) is 0 Å². The average molecular weight is 307 g/mol. The van der Waals surface area contributed by atoms with Crippen LogP contribution in [0.3, 0.4) is 0 Å². The third-order valence-electron chi connectivity index (χ3n) is 4.39. The van der Waals surface area contributed by atoms with Crippen LogP contribution in [-0.4, -0.2) is 39.3 Å². The SMILES string of the molecule is CC(C)N(Cc1cnn(C)c1)C(=O)CO[C@@H]1CCC[C@H](C)C1. The van der Waals surface area contributed by atoms with Crippen LogP contribution in [0.15, 0.2) is 12.4 Å². The normalized spacial score (nSPS) is 22.0. The monoisotopic (exact) mass is 307 g/mol. The quantitative estimate of drug-likeness (QED) is 0.812. The summed E-state index contributed by atoms with van der Waals surface area (Å²) in [4.78, 5) is 14.4. The Bertz CT molecular complexity index is 484. The Hall–Kier alpha value is -1.36. The molecule has 0 aliphatic heterocycles. The summed E-state index contributed by atoms with van der Waals surface area (Å²) in [6.45, 7) is 7.12. The van der Waals surface area contributed by atoms with Gasteiger partial charge in [-0.2, -0.15) is 5.10 Å². The summed E-state index contributed by atoms with van der Waals surface area (Å²) in [7, 11) is 1.89. The van der Waals surface area contributed by atoms with Crippen LogP contribution in [0.2, 0.25) is 0 Å². The summed E-state index contributed by atoms with van der Waals surface area (Å²) < 4.78 is 7.64. The molecule has 2 atom stereocenters. The molecule has 1 saturated carbocycles. The number of hydrogen-bond donors (Lipinski definition) is 0.